The first-order chi connectivity index (χ1) is 7.81. The molecule has 4 nitrogen and oxygen atoms in total. The zero-order valence-electron chi connectivity index (χ0n) is 9.30. The van der Waals surface area contributed by atoms with Gasteiger partial charge >= 0.3 is 0 Å². The first kappa shape index (κ1) is 9.54. The summed E-state index contributed by atoms with van der Waals surface area (Å²) in [6, 6.07) is 4.03. The predicted molar refractivity (Wildman–Crippen MR) is 60.7 cm³/mol. The van der Waals surface area contributed by atoms with Gasteiger partial charge in [0.2, 0.25) is 0 Å². The van der Waals surface area contributed by atoms with E-state index in [1.54, 1.807) is 6.20 Å². The fourth-order valence-corrected chi connectivity index (χ4v) is 2.13. The molecule has 0 saturated heterocycles. The molecule has 1 aliphatic heterocycles. The molecule has 0 atom stereocenters. The van der Waals surface area contributed by atoms with Crippen LogP contribution in [0.3, 0.4) is 0 Å². The Morgan fingerprint density at radius 3 is 3.06 bits per heavy atom. The molecular formula is C12H14N4. The van der Waals surface area contributed by atoms with E-state index in [1.807, 2.05) is 16.9 Å². The van der Waals surface area contributed by atoms with Crippen molar-refractivity contribution in [3.63, 3.8) is 0 Å². The summed E-state index contributed by atoms with van der Waals surface area (Å²) in [5.74, 6) is 0. The third-order valence-corrected chi connectivity index (χ3v) is 2.85. The predicted octanol–water partition coefficient (Wildman–Crippen LogP) is 1.27. The zero-order chi connectivity index (χ0) is 11.0. The van der Waals surface area contributed by atoms with Gasteiger partial charge in [-0.05, 0) is 18.7 Å². The molecule has 0 bridgehead atoms. The molecule has 3 heterocycles. The van der Waals surface area contributed by atoms with E-state index in [4.69, 9.17) is 0 Å². The molecule has 0 spiro atoms. The fraction of sp³-hybridized carbons (Fsp3) is 0.333. The van der Waals surface area contributed by atoms with E-state index in [1.165, 1.54) is 16.8 Å². The normalized spacial score (nSPS) is 15.3. The van der Waals surface area contributed by atoms with Gasteiger partial charge in [0.25, 0.3) is 0 Å². The van der Waals surface area contributed by atoms with Gasteiger partial charge in [0.15, 0.2) is 0 Å². The highest BCUT2D eigenvalue weighted by molar-refractivity contribution is 5.21. The fourth-order valence-electron chi connectivity index (χ4n) is 2.13. The van der Waals surface area contributed by atoms with Crippen LogP contribution in [0.25, 0.3) is 0 Å². The van der Waals surface area contributed by atoms with E-state index in [0.717, 1.165) is 19.6 Å². The smallest absolute Gasteiger partial charge is 0.0809 e. The van der Waals surface area contributed by atoms with E-state index >= 15 is 0 Å². The highest BCUT2D eigenvalue weighted by Gasteiger charge is 2.19. The molecule has 2 aromatic heterocycles. The molecular weight excluding hydrogens is 200 g/mol. The monoisotopic (exact) mass is 214 g/mol. The summed E-state index contributed by atoms with van der Waals surface area (Å²) in [5, 5.41) is 4.58. The quantitative estimate of drug-likeness (QED) is 0.755. The third-order valence-electron chi connectivity index (χ3n) is 2.85. The van der Waals surface area contributed by atoms with E-state index in [-0.39, 0.29) is 0 Å². The highest BCUT2D eigenvalue weighted by Crippen LogP contribution is 2.19. The first-order valence-electron chi connectivity index (χ1n) is 5.44. The average molecular weight is 214 g/mol. The maximum absolute atomic E-state index is 4.58. The number of nitrogens with zero attached hydrogens (tertiary/aromatic N) is 4. The molecule has 0 N–H and O–H groups in total. The van der Waals surface area contributed by atoms with Crippen LogP contribution in [0.2, 0.25) is 0 Å². The van der Waals surface area contributed by atoms with Crippen molar-refractivity contribution < 1.29 is 0 Å². The third kappa shape index (κ3) is 1.72. The second-order valence-corrected chi connectivity index (χ2v) is 4.33. The van der Waals surface area contributed by atoms with Gasteiger partial charge in [-0.15, -0.1) is 0 Å². The number of hydrogen-bond acceptors (Lipinski definition) is 3. The molecule has 82 valence electrons. The summed E-state index contributed by atoms with van der Waals surface area (Å²) in [4.78, 5) is 6.38. The molecule has 0 fully saturated rings. The van der Waals surface area contributed by atoms with E-state index in [0.29, 0.717) is 0 Å². The van der Waals surface area contributed by atoms with Crippen molar-refractivity contribution in [3.8, 4) is 0 Å². The van der Waals surface area contributed by atoms with Crippen molar-refractivity contribution in [2.75, 3.05) is 7.05 Å². The van der Waals surface area contributed by atoms with Crippen molar-refractivity contribution >= 4 is 0 Å². The van der Waals surface area contributed by atoms with Gasteiger partial charge in [-0.2, -0.15) is 5.10 Å². The Balaban J connectivity index is 1.80. The number of aromatic nitrogens is 3. The van der Waals surface area contributed by atoms with Gasteiger partial charge in [0, 0.05) is 37.2 Å². The Morgan fingerprint density at radius 1 is 1.38 bits per heavy atom. The second-order valence-electron chi connectivity index (χ2n) is 4.33. The van der Waals surface area contributed by atoms with Crippen LogP contribution in [0.15, 0.2) is 30.7 Å². The van der Waals surface area contributed by atoms with Crippen LogP contribution in [-0.4, -0.2) is 26.7 Å². The van der Waals surface area contributed by atoms with Crippen molar-refractivity contribution in [2.45, 2.75) is 19.6 Å². The molecule has 2 aromatic rings. The summed E-state index contributed by atoms with van der Waals surface area (Å²) in [7, 11) is 2.12. The van der Waals surface area contributed by atoms with Crippen LogP contribution < -0.4 is 0 Å². The Labute approximate surface area is 94.5 Å². The van der Waals surface area contributed by atoms with Crippen molar-refractivity contribution in [1.82, 2.24) is 19.7 Å². The minimum absolute atomic E-state index is 0.810. The molecule has 0 aromatic carbocycles. The summed E-state index contributed by atoms with van der Waals surface area (Å²) < 4.78 is 2.01. The molecule has 0 aliphatic carbocycles. The lowest BCUT2D eigenvalue weighted by Crippen LogP contribution is -2.10. The molecule has 0 unspecified atom stereocenters. The molecule has 16 heavy (non-hydrogen) atoms. The maximum Gasteiger partial charge on any atom is 0.0809 e. The number of fused-ring (bicyclic) bond motifs is 1. The first-order valence-corrected chi connectivity index (χ1v) is 5.44. The summed E-state index contributed by atoms with van der Waals surface area (Å²) >= 11 is 0. The minimum Gasteiger partial charge on any atom is -0.296 e. The Hall–Kier alpha value is -1.68. The molecule has 0 amide bonds. The summed E-state index contributed by atoms with van der Waals surface area (Å²) in [6.45, 7) is 2.79. The Morgan fingerprint density at radius 2 is 2.31 bits per heavy atom. The SMILES string of the molecule is CN1Cc2cn(Cc3cccnc3)nc2C1. The van der Waals surface area contributed by atoms with Gasteiger partial charge in [-0.25, -0.2) is 0 Å². The molecule has 3 rings (SSSR count). The molecule has 1 aliphatic rings. The second kappa shape index (κ2) is 3.72. The highest BCUT2D eigenvalue weighted by atomic mass is 15.3. The molecule has 0 saturated carbocycles. The maximum atomic E-state index is 4.58. The van der Waals surface area contributed by atoms with Crippen LogP contribution in [0, 0.1) is 0 Å². The standard InChI is InChI=1S/C12H14N4/c1-15-7-11-8-16(14-12(11)9-15)6-10-3-2-4-13-5-10/h2-5,8H,6-7,9H2,1H3. The van der Waals surface area contributed by atoms with E-state index < -0.39 is 0 Å². The lowest BCUT2D eigenvalue weighted by atomic mass is 10.3. The summed E-state index contributed by atoms with van der Waals surface area (Å²) in [5.41, 5.74) is 3.76. The number of hydrogen-bond donors (Lipinski definition) is 0. The van der Waals surface area contributed by atoms with E-state index in [2.05, 4.69) is 34.3 Å². The summed E-state index contributed by atoms with van der Waals surface area (Å²) in [6.07, 6.45) is 5.83. The van der Waals surface area contributed by atoms with Gasteiger partial charge in [0.05, 0.1) is 12.2 Å². The van der Waals surface area contributed by atoms with Gasteiger partial charge in [-0.3, -0.25) is 14.6 Å². The van der Waals surface area contributed by atoms with Gasteiger partial charge in [0.1, 0.15) is 0 Å². The Kier molecular flexibility index (Phi) is 2.22. The molecule has 4 heteroatoms. The largest absolute Gasteiger partial charge is 0.296 e. The van der Waals surface area contributed by atoms with Gasteiger partial charge < -0.3 is 0 Å². The number of rotatable bonds is 2. The van der Waals surface area contributed by atoms with Crippen molar-refractivity contribution in [2.24, 2.45) is 0 Å². The molecule has 0 radical (unpaired) electrons. The van der Waals surface area contributed by atoms with Crippen LogP contribution >= 0.6 is 0 Å². The number of pyridine rings is 1. The Bertz CT molecular complexity index is 465. The average Bonchev–Trinajstić information content (AvgIpc) is 2.76. The van der Waals surface area contributed by atoms with Gasteiger partial charge in [-0.1, -0.05) is 6.07 Å². The van der Waals surface area contributed by atoms with Crippen molar-refractivity contribution in [1.29, 1.82) is 0 Å². The van der Waals surface area contributed by atoms with Crippen LogP contribution in [0.5, 0.6) is 0 Å². The lowest BCUT2D eigenvalue weighted by molar-refractivity contribution is 0.345. The van der Waals surface area contributed by atoms with Crippen LogP contribution in [-0.2, 0) is 19.6 Å². The van der Waals surface area contributed by atoms with Crippen LogP contribution in [0.4, 0.5) is 0 Å². The lowest BCUT2D eigenvalue weighted by Gasteiger charge is -2.06. The minimum atomic E-state index is 0.810. The van der Waals surface area contributed by atoms with Crippen LogP contribution in [0.1, 0.15) is 16.8 Å². The van der Waals surface area contributed by atoms with Crippen molar-refractivity contribution in [3.05, 3.63) is 47.5 Å². The topological polar surface area (TPSA) is 34.0 Å². The zero-order valence-corrected chi connectivity index (χ0v) is 9.30. The van der Waals surface area contributed by atoms with E-state index in [9.17, 15) is 0 Å².